The zero-order valence-electron chi connectivity index (χ0n) is 19.2. The summed E-state index contributed by atoms with van der Waals surface area (Å²) in [6, 6.07) is 12.7. The standard InChI is InChI=1S/C25H17F3N6O3/c1-37-24(36)22-29-11-8-17(31-22)14-33-12-9-15(13-20(33)35)21-19-3-2-10-30-23(19)34(32-21)18-6-4-16(5-7-18)25(26,27)28/h2-13H,14H2,1H3. The molecule has 0 amide bonds. The molecule has 0 saturated carbocycles. The van der Waals surface area contributed by atoms with Gasteiger partial charge in [-0.1, -0.05) is 0 Å². The van der Waals surface area contributed by atoms with Crippen molar-refractivity contribution in [2.24, 2.45) is 0 Å². The van der Waals surface area contributed by atoms with Crippen molar-refractivity contribution in [1.82, 2.24) is 29.3 Å². The first kappa shape index (κ1) is 23.9. The molecular weight excluding hydrogens is 489 g/mol. The molecule has 9 nitrogen and oxygen atoms in total. The summed E-state index contributed by atoms with van der Waals surface area (Å²) in [6.45, 7) is 0.0912. The highest BCUT2D eigenvalue weighted by molar-refractivity contribution is 5.91. The predicted octanol–water partition coefficient (Wildman–Crippen LogP) is 3.89. The molecular formula is C25H17F3N6O3. The molecule has 37 heavy (non-hydrogen) atoms. The highest BCUT2D eigenvalue weighted by atomic mass is 19.4. The van der Waals surface area contributed by atoms with E-state index in [4.69, 9.17) is 0 Å². The van der Waals surface area contributed by atoms with Crippen molar-refractivity contribution in [1.29, 1.82) is 0 Å². The lowest BCUT2D eigenvalue weighted by atomic mass is 10.1. The van der Waals surface area contributed by atoms with E-state index >= 15 is 0 Å². The average molecular weight is 506 g/mol. The molecule has 1 aromatic carbocycles. The minimum atomic E-state index is -4.45. The Morgan fingerprint density at radius 2 is 1.81 bits per heavy atom. The number of rotatable bonds is 5. The van der Waals surface area contributed by atoms with Gasteiger partial charge < -0.3 is 9.30 Å². The van der Waals surface area contributed by atoms with Crippen molar-refractivity contribution in [3.63, 3.8) is 0 Å². The number of alkyl halides is 3. The van der Waals surface area contributed by atoms with Gasteiger partial charge in [0.2, 0.25) is 5.82 Å². The number of methoxy groups -OCH3 is 1. The fraction of sp³-hybridized carbons (Fsp3) is 0.120. The summed E-state index contributed by atoms with van der Waals surface area (Å²) in [6.07, 6.45) is 0.0688. The van der Waals surface area contributed by atoms with Gasteiger partial charge in [0.1, 0.15) is 5.69 Å². The van der Waals surface area contributed by atoms with E-state index in [-0.39, 0.29) is 17.9 Å². The van der Waals surface area contributed by atoms with Crippen LogP contribution in [0.25, 0.3) is 28.0 Å². The van der Waals surface area contributed by atoms with E-state index in [1.165, 1.54) is 40.8 Å². The lowest BCUT2D eigenvalue weighted by Gasteiger charge is -2.08. The minimum Gasteiger partial charge on any atom is -0.463 e. The largest absolute Gasteiger partial charge is 0.463 e. The van der Waals surface area contributed by atoms with Crippen molar-refractivity contribution >= 4 is 17.0 Å². The SMILES string of the molecule is COC(=O)c1nccc(Cn2ccc(-c3nn(-c4ccc(C(F)(F)F)cc4)c4ncccc34)cc2=O)n1. The van der Waals surface area contributed by atoms with Gasteiger partial charge in [-0.05, 0) is 48.5 Å². The van der Waals surface area contributed by atoms with E-state index in [9.17, 15) is 22.8 Å². The second kappa shape index (κ2) is 9.30. The quantitative estimate of drug-likeness (QED) is 0.333. The van der Waals surface area contributed by atoms with Crippen LogP contribution < -0.4 is 5.56 Å². The number of hydrogen-bond acceptors (Lipinski definition) is 7. The van der Waals surface area contributed by atoms with E-state index in [1.807, 2.05) is 0 Å². The minimum absolute atomic E-state index is 0.0912. The van der Waals surface area contributed by atoms with Crippen LogP contribution in [0.5, 0.6) is 0 Å². The Morgan fingerprint density at radius 3 is 2.51 bits per heavy atom. The number of ether oxygens (including phenoxy) is 1. The number of aromatic nitrogens is 6. The molecule has 0 aliphatic carbocycles. The summed E-state index contributed by atoms with van der Waals surface area (Å²) in [5, 5.41) is 5.19. The summed E-state index contributed by atoms with van der Waals surface area (Å²) in [4.78, 5) is 36.9. The lowest BCUT2D eigenvalue weighted by molar-refractivity contribution is -0.137. The first-order valence-corrected chi connectivity index (χ1v) is 10.9. The van der Waals surface area contributed by atoms with E-state index in [1.54, 1.807) is 36.7 Å². The van der Waals surface area contributed by atoms with Crippen molar-refractivity contribution in [3.05, 3.63) is 101 Å². The topological polar surface area (TPSA) is 105 Å². The first-order chi connectivity index (χ1) is 17.7. The second-order valence-electron chi connectivity index (χ2n) is 7.92. The summed E-state index contributed by atoms with van der Waals surface area (Å²) >= 11 is 0. The van der Waals surface area contributed by atoms with Crippen molar-refractivity contribution < 1.29 is 22.7 Å². The summed E-state index contributed by atoms with van der Waals surface area (Å²) < 4.78 is 46.4. The molecule has 0 radical (unpaired) electrons. The lowest BCUT2D eigenvalue weighted by Crippen LogP contribution is -2.20. The molecule has 5 rings (SSSR count). The van der Waals surface area contributed by atoms with E-state index in [0.29, 0.717) is 33.7 Å². The average Bonchev–Trinajstić information content (AvgIpc) is 3.29. The van der Waals surface area contributed by atoms with Crippen LogP contribution in [0, 0.1) is 0 Å². The number of benzene rings is 1. The molecule has 0 atom stereocenters. The highest BCUT2D eigenvalue weighted by Gasteiger charge is 2.30. The molecule has 0 spiro atoms. The third-order valence-corrected chi connectivity index (χ3v) is 5.56. The molecule has 0 bridgehead atoms. The maximum absolute atomic E-state index is 13.0. The molecule has 0 fully saturated rings. The number of esters is 1. The third-order valence-electron chi connectivity index (χ3n) is 5.56. The highest BCUT2D eigenvalue weighted by Crippen LogP contribution is 2.31. The van der Waals surface area contributed by atoms with E-state index < -0.39 is 17.7 Å². The maximum atomic E-state index is 13.0. The molecule has 186 valence electrons. The van der Waals surface area contributed by atoms with Crippen LogP contribution in [0.3, 0.4) is 0 Å². The zero-order chi connectivity index (χ0) is 26.2. The zero-order valence-corrected chi connectivity index (χ0v) is 19.2. The van der Waals surface area contributed by atoms with Gasteiger partial charge in [-0.15, -0.1) is 0 Å². The van der Waals surface area contributed by atoms with Crippen LogP contribution in [0.2, 0.25) is 0 Å². The molecule has 0 aliphatic heterocycles. The molecule has 4 heterocycles. The van der Waals surface area contributed by atoms with Gasteiger partial charge in [-0.25, -0.2) is 24.4 Å². The molecule has 0 aliphatic rings. The van der Waals surface area contributed by atoms with Gasteiger partial charge in [0.05, 0.1) is 30.6 Å². The Hall–Kier alpha value is -4.87. The van der Waals surface area contributed by atoms with E-state index in [0.717, 1.165) is 12.1 Å². The maximum Gasteiger partial charge on any atom is 0.416 e. The van der Waals surface area contributed by atoms with Gasteiger partial charge >= 0.3 is 12.1 Å². The normalized spacial score (nSPS) is 11.6. The third kappa shape index (κ3) is 4.68. The van der Waals surface area contributed by atoms with Gasteiger partial charge in [0.25, 0.3) is 5.56 Å². The number of pyridine rings is 2. The Bertz CT molecular complexity index is 1680. The number of carbonyl (C=O) groups is 1. The molecule has 0 N–H and O–H groups in total. The molecule has 4 aromatic heterocycles. The Balaban J connectivity index is 1.50. The number of fused-ring (bicyclic) bond motifs is 1. The van der Waals surface area contributed by atoms with Crippen LogP contribution in [0.15, 0.2) is 78.0 Å². The van der Waals surface area contributed by atoms with Crippen molar-refractivity contribution in [3.8, 4) is 16.9 Å². The van der Waals surface area contributed by atoms with Gasteiger partial charge in [-0.2, -0.15) is 18.3 Å². The fourth-order valence-electron chi connectivity index (χ4n) is 3.77. The molecule has 5 aromatic rings. The van der Waals surface area contributed by atoms with E-state index in [2.05, 4.69) is 24.8 Å². The Labute approximate surface area is 206 Å². The van der Waals surface area contributed by atoms with Crippen LogP contribution in [0.1, 0.15) is 21.9 Å². The fourth-order valence-corrected chi connectivity index (χ4v) is 3.77. The summed E-state index contributed by atoms with van der Waals surface area (Å²) in [5.41, 5.74) is 1.08. The summed E-state index contributed by atoms with van der Waals surface area (Å²) in [5.74, 6) is -0.800. The number of hydrogen-bond donors (Lipinski definition) is 0. The van der Waals surface area contributed by atoms with Crippen molar-refractivity contribution in [2.75, 3.05) is 7.11 Å². The van der Waals surface area contributed by atoms with Crippen LogP contribution in [0.4, 0.5) is 13.2 Å². The van der Waals surface area contributed by atoms with Gasteiger partial charge in [0.15, 0.2) is 5.65 Å². The molecule has 0 saturated heterocycles. The smallest absolute Gasteiger partial charge is 0.416 e. The van der Waals surface area contributed by atoms with Crippen LogP contribution >= 0.6 is 0 Å². The predicted molar refractivity (Wildman–Crippen MR) is 126 cm³/mol. The number of carbonyl (C=O) groups excluding carboxylic acids is 1. The molecule has 0 unspecified atom stereocenters. The summed E-state index contributed by atoms with van der Waals surface area (Å²) in [7, 11) is 1.22. The Kier molecular flexibility index (Phi) is 5.99. The van der Waals surface area contributed by atoms with Crippen molar-refractivity contribution in [2.45, 2.75) is 12.7 Å². The van der Waals surface area contributed by atoms with Gasteiger partial charge in [-0.3, -0.25) is 4.79 Å². The van der Waals surface area contributed by atoms with Crippen LogP contribution in [-0.2, 0) is 17.5 Å². The second-order valence-corrected chi connectivity index (χ2v) is 7.92. The molecule has 12 heteroatoms. The first-order valence-electron chi connectivity index (χ1n) is 10.9. The monoisotopic (exact) mass is 506 g/mol. The number of nitrogens with zero attached hydrogens (tertiary/aromatic N) is 6. The van der Waals surface area contributed by atoms with Gasteiger partial charge in [0, 0.05) is 35.6 Å². The Morgan fingerprint density at radius 1 is 1.03 bits per heavy atom. The van der Waals surface area contributed by atoms with Crippen LogP contribution in [-0.4, -0.2) is 42.4 Å². The number of halogens is 3.